The minimum absolute atomic E-state index is 0.0540. The van der Waals surface area contributed by atoms with Crippen molar-refractivity contribution < 1.29 is 13.6 Å². The Labute approximate surface area is 178 Å². The number of nitrogens with zero attached hydrogens (tertiary/aromatic N) is 3. The number of anilines is 1. The summed E-state index contributed by atoms with van der Waals surface area (Å²) >= 11 is 0. The van der Waals surface area contributed by atoms with Crippen LogP contribution in [0.2, 0.25) is 0 Å². The molecule has 0 bridgehead atoms. The molecule has 30 heavy (non-hydrogen) atoms. The third kappa shape index (κ3) is 6.63. The van der Waals surface area contributed by atoms with E-state index in [9.17, 15) is 13.6 Å². The van der Waals surface area contributed by atoms with Crippen LogP contribution in [0, 0.1) is 34.8 Å². The van der Waals surface area contributed by atoms with Crippen molar-refractivity contribution in [2.45, 2.75) is 44.9 Å². The number of ketones is 1. The first-order valence-corrected chi connectivity index (χ1v) is 11.1. The Hall–Kier alpha value is -2.26. The van der Waals surface area contributed by atoms with Crippen LogP contribution in [0.3, 0.4) is 0 Å². The number of hydrogen-bond donors (Lipinski definition) is 0. The van der Waals surface area contributed by atoms with Crippen LogP contribution in [0.25, 0.3) is 0 Å². The minimum Gasteiger partial charge on any atom is -0.367 e. The summed E-state index contributed by atoms with van der Waals surface area (Å²) in [4.78, 5) is 16.1. The average molecular weight is 416 g/mol. The molecule has 1 aliphatic heterocycles. The molecule has 0 N–H and O–H groups in total. The SMILES string of the molecule is N#CCCC(=O)/C=C/C1CCC(CCN2CCN(c3ccc(F)cc3F)CC2)CC1. The summed E-state index contributed by atoms with van der Waals surface area (Å²) in [5.41, 5.74) is 0.494. The molecule has 162 valence electrons. The number of nitriles is 1. The molecule has 2 fully saturated rings. The van der Waals surface area contributed by atoms with Gasteiger partial charge in [-0.05, 0) is 68.7 Å². The monoisotopic (exact) mass is 415 g/mol. The fourth-order valence-electron chi connectivity index (χ4n) is 4.49. The van der Waals surface area contributed by atoms with E-state index >= 15 is 0 Å². The second kappa shape index (κ2) is 11.2. The van der Waals surface area contributed by atoms with Gasteiger partial charge in [0.2, 0.25) is 0 Å². The Morgan fingerprint density at radius 3 is 2.53 bits per heavy atom. The lowest BCUT2D eigenvalue weighted by atomic mass is 9.80. The number of hydrogen-bond acceptors (Lipinski definition) is 4. The molecule has 1 aromatic rings. The molecule has 1 saturated heterocycles. The maximum atomic E-state index is 14.0. The molecule has 1 aromatic carbocycles. The van der Waals surface area contributed by atoms with Crippen LogP contribution in [-0.4, -0.2) is 43.4 Å². The van der Waals surface area contributed by atoms with Crippen LogP contribution in [0.4, 0.5) is 14.5 Å². The van der Waals surface area contributed by atoms with Crippen molar-refractivity contribution in [1.29, 1.82) is 5.26 Å². The predicted molar refractivity (Wildman–Crippen MR) is 114 cm³/mol. The first kappa shape index (κ1) is 22.4. The largest absolute Gasteiger partial charge is 0.367 e. The number of allylic oxidation sites excluding steroid dienone is 2. The number of rotatable bonds is 8. The van der Waals surface area contributed by atoms with Crippen molar-refractivity contribution in [3.05, 3.63) is 42.0 Å². The van der Waals surface area contributed by atoms with E-state index in [1.54, 1.807) is 6.08 Å². The van der Waals surface area contributed by atoms with E-state index in [1.807, 2.05) is 17.0 Å². The molecule has 0 amide bonds. The lowest BCUT2D eigenvalue weighted by Gasteiger charge is -2.37. The molecule has 0 unspecified atom stereocenters. The Kier molecular flexibility index (Phi) is 8.39. The smallest absolute Gasteiger partial charge is 0.156 e. The molecule has 3 rings (SSSR count). The summed E-state index contributed by atoms with van der Waals surface area (Å²) in [6.45, 7) is 4.40. The molecule has 1 saturated carbocycles. The summed E-state index contributed by atoms with van der Waals surface area (Å²) in [6.07, 6.45) is 10.2. The molecular weight excluding hydrogens is 384 g/mol. The van der Waals surface area contributed by atoms with E-state index < -0.39 is 11.6 Å². The number of halogens is 2. The lowest BCUT2D eigenvalue weighted by Crippen LogP contribution is -2.47. The normalized spacial score (nSPS) is 22.9. The molecular formula is C24H31F2N3O. The van der Waals surface area contributed by atoms with Gasteiger partial charge in [0.25, 0.3) is 0 Å². The predicted octanol–water partition coefficient (Wildman–Crippen LogP) is 4.71. The highest BCUT2D eigenvalue weighted by Gasteiger charge is 2.23. The molecule has 0 aromatic heterocycles. The van der Waals surface area contributed by atoms with E-state index in [-0.39, 0.29) is 5.78 Å². The maximum Gasteiger partial charge on any atom is 0.156 e. The van der Waals surface area contributed by atoms with E-state index in [2.05, 4.69) is 4.90 Å². The molecule has 2 aliphatic rings. The molecule has 1 aliphatic carbocycles. The highest BCUT2D eigenvalue weighted by Crippen LogP contribution is 2.32. The van der Waals surface area contributed by atoms with Crippen LogP contribution < -0.4 is 4.90 Å². The van der Waals surface area contributed by atoms with Crippen molar-refractivity contribution in [3.8, 4) is 6.07 Å². The van der Waals surface area contributed by atoms with Gasteiger partial charge >= 0.3 is 0 Å². The number of piperazine rings is 1. The van der Waals surface area contributed by atoms with Crippen molar-refractivity contribution >= 4 is 11.5 Å². The first-order valence-electron chi connectivity index (χ1n) is 11.1. The Morgan fingerprint density at radius 1 is 1.13 bits per heavy atom. The molecule has 6 heteroatoms. The third-order valence-electron chi connectivity index (χ3n) is 6.41. The van der Waals surface area contributed by atoms with Gasteiger partial charge < -0.3 is 4.90 Å². The highest BCUT2D eigenvalue weighted by atomic mass is 19.1. The highest BCUT2D eigenvalue weighted by molar-refractivity contribution is 5.89. The van der Waals surface area contributed by atoms with E-state index in [0.29, 0.717) is 24.4 Å². The maximum absolute atomic E-state index is 14.0. The summed E-state index contributed by atoms with van der Waals surface area (Å²) in [5.74, 6) is 0.253. The fraction of sp³-hybridized carbons (Fsp3) is 0.583. The van der Waals surface area contributed by atoms with Gasteiger partial charge in [-0.25, -0.2) is 8.78 Å². The molecule has 0 spiro atoms. The van der Waals surface area contributed by atoms with Crippen LogP contribution in [0.5, 0.6) is 0 Å². The van der Waals surface area contributed by atoms with Gasteiger partial charge in [0.05, 0.1) is 11.8 Å². The van der Waals surface area contributed by atoms with Crippen molar-refractivity contribution in [1.82, 2.24) is 4.90 Å². The van der Waals surface area contributed by atoms with Gasteiger partial charge in [-0.3, -0.25) is 9.69 Å². The van der Waals surface area contributed by atoms with Crippen molar-refractivity contribution in [2.24, 2.45) is 11.8 Å². The number of carbonyl (C=O) groups is 1. The second-order valence-electron chi connectivity index (χ2n) is 8.48. The standard InChI is InChI=1S/C24H31F2N3O/c25-21-8-10-24(23(26)18-21)29-16-14-28(15-17-29)13-11-20-5-3-19(4-6-20)7-9-22(30)2-1-12-27/h7-10,18-20H,1-6,11,13-17H2/b9-7+. The van der Waals surface area contributed by atoms with Gasteiger partial charge in [-0.15, -0.1) is 0 Å². The number of benzene rings is 1. The van der Waals surface area contributed by atoms with Crippen molar-refractivity contribution in [3.63, 3.8) is 0 Å². The fourth-order valence-corrected chi connectivity index (χ4v) is 4.49. The molecule has 0 atom stereocenters. The average Bonchev–Trinajstić information content (AvgIpc) is 2.76. The molecule has 0 radical (unpaired) electrons. The van der Waals surface area contributed by atoms with E-state index in [1.165, 1.54) is 31.4 Å². The topological polar surface area (TPSA) is 47.3 Å². The molecule has 4 nitrogen and oxygen atoms in total. The lowest BCUT2D eigenvalue weighted by molar-refractivity contribution is -0.114. The first-order chi connectivity index (χ1) is 14.5. The van der Waals surface area contributed by atoms with Crippen molar-refractivity contribution in [2.75, 3.05) is 37.6 Å². The third-order valence-corrected chi connectivity index (χ3v) is 6.41. The van der Waals surface area contributed by atoms with Crippen LogP contribution in [0.1, 0.15) is 44.9 Å². The number of carbonyl (C=O) groups excluding carboxylic acids is 1. The minimum atomic E-state index is -0.536. The summed E-state index contributed by atoms with van der Waals surface area (Å²) in [6, 6.07) is 5.81. The zero-order chi connectivity index (χ0) is 21.3. The quantitative estimate of drug-likeness (QED) is 0.577. The van der Waals surface area contributed by atoms with Gasteiger partial charge in [0, 0.05) is 45.1 Å². The van der Waals surface area contributed by atoms with Crippen LogP contribution in [-0.2, 0) is 4.79 Å². The zero-order valence-electron chi connectivity index (χ0n) is 17.5. The van der Waals surface area contributed by atoms with Gasteiger partial charge in [0.1, 0.15) is 11.6 Å². The Balaban J connectivity index is 1.33. The summed E-state index contributed by atoms with van der Waals surface area (Å²) < 4.78 is 27.1. The van der Waals surface area contributed by atoms with Gasteiger partial charge in [-0.1, -0.05) is 6.08 Å². The molecule has 1 heterocycles. The van der Waals surface area contributed by atoms with E-state index in [4.69, 9.17) is 5.26 Å². The van der Waals surface area contributed by atoms with Gasteiger partial charge in [0.15, 0.2) is 5.78 Å². The Bertz CT molecular complexity index is 773. The van der Waals surface area contributed by atoms with Gasteiger partial charge in [-0.2, -0.15) is 5.26 Å². The van der Waals surface area contributed by atoms with E-state index in [0.717, 1.165) is 57.5 Å². The van der Waals surface area contributed by atoms with Crippen LogP contribution in [0.15, 0.2) is 30.4 Å². The Morgan fingerprint density at radius 2 is 1.87 bits per heavy atom. The van der Waals surface area contributed by atoms with Crippen LogP contribution >= 0.6 is 0 Å². The zero-order valence-corrected chi connectivity index (χ0v) is 17.5. The summed E-state index contributed by atoms with van der Waals surface area (Å²) in [7, 11) is 0. The second-order valence-corrected chi connectivity index (χ2v) is 8.48. The summed E-state index contributed by atoms with van der Waals surface area (Å²) in [5, 5.41) is 8.53.